The van der Waals surface area contributed by atoms with E-state index in [2.05, 4.69) is 4.90 Å². The molecule has 3 fully saturated rings. The van der Waals surface area contributed by atoms with Gasteiger partial charge in [-0.2, -0.15) is 0 Å². The molecule has 116 valence electrons. The zero-order chi connectivity index (χ0) is 13.8. The standard InChI is InChI=1S/C17H32N2O/c18-14-16(15-4-12-20-13-5-15)19-10-8-17(9-11-19)6-2-1-3-7-17/h15-16H,1-14,18H2. The Morgan fingerprint density at radius 3 is 2.25 bits per heavy atom. The van der Waals surface area contributed by atoms with Crippen LogP contribution in [0, 0.1) is 11.3 Å². The molecule has 2 aliphatic heterocycles. The van der Waals surface area contributed by atoms with Crippen molar-refractivity contribution in [1.29, 1.82) is 0 Å². The minimum Gasteiger partial charge on any atom is -0.381 e. The maximum Gasteiger partial charge on any atom is 0.0469 e. The normalized spacial score (nSPS) is 30.4. The molecule has 0 bridgehead atoms. The monoisotopic (exact) mass is 280 g/mol. The highest BCUT2D eigenvalue weighted by molar-refractivity contribution is 4.92. The molecular formula is C17H32N2O. The summed E-state index contributed by atoms with van der Waals surface area (Å²) < 4.78 is 5.51. The van der Waals surface area contributed by atoms with E-state index < -0.39 is 0 Å². The second-order valence-electron chi connectivity index (χ2n) is 7.35. The first kappa shape index (κ1) is 14.8. The lowest BCUT2D eigenvalue weighted by Crippen LogP contribution is -2.52. The molecule has 3 heteroatoms. The molecule has 2 heterocycles. The predicted molar refractivity (Wildman–Crippen MR) is 82.7 cm³/mol. The number of hydrogen-bond acceptors (Lipinski definition) is 3. The summed E-state index contributed by atoms with van der Waals surface area (Å²) >= 11 is 0. The van der Waals surface area contributed by atoms with Crippen LogP contribution < -0.4 is 5.73 Å². The van der Waals surface area contributed by atoms with Gasteiger partial charge in [-0.05, 0) is 62.9 Å². The second kappa shape index (κ2) is 6.76. The van der Waals surface area contributed by atoms with Gasteiger partial charge in [0.25, 0.3) is 0 Å². The second-order valence-corrected chi connectivity index (χ2v) is 7.35. The molecule has 0 aromatic heterocycles. The van der Waals surface area contributed by atoms with Gasteiger partial charge in [0.2, 0.25) is 0 Å². The van der Waals surface area contributed by atoms with E-state index in [-0.39, 0.29) is 0 Å². The molecule has 0 aromatic rings. The lowest BCUT2D eigenvalue weighted by molar-refractivity contribution is -0.00323. The third-order valence-corrected chi connectivity index (χ3v) is 6.29. The van der Waals surface area contributed by atoms with Crippen LogP contribution in [0.4, 0.5) is 0 Å². The van der Waals surface area contributed by atoms with Crippen molar-refractivity contribution >= 4 is 0 Å². The predicted octanol–water partition coefficient (Wildman–Crippen LogP) is 2.79. The van der Waals surface area contributed by atoms with E-state index in [1.807, 2.05) is 0 Å². The van der Waals surface area contributed by atoms with Crippen molar-refractivity contribution in [2.75, 3.05) is 32.8 Å². The minimum absolute atomic E-state index is 0.611. The first-order valence-corrected chi connectivity index (χ1v) is 8.85. The first-order chi connectivity index (χ1) is 9.83. The van der Waals surface area contributed by atoms with Crippen molar-refractivity contribution < 1.29 is 4.74 Å². The Balaban J connectivity index is 1.55. The van der Waals surface area contributed by atoms with E-state index in [0.29, 0.717) is 11.5 Å². The van der Waals surface area contributed by atoms with Crippen LogP contribution in [0.5, 0.6) is 0 Å². The highest BCUT2D eigenvalue weighted by atomic mass is 16.5. The van der Waals surface area contributed by atoms with E-state index in [4.69, 9.17) is 10.5 Å². The molecule has 0 radical (unpaired) electrons. The van der Waals surface area contributed by atoms with Gasteiger partial charge in [0.05, 0.1) is 0 Å². The Morgan fingerprint density at radius 2 is 1.65 bits per heavy atom. The molecule has 1 unspecified atom stereocenters. The van der Waals surface area contributed by atoms with E-state index >= 15 is 0 Å². The van der Waals surface area contributed by atoms with Crippen LogP contribution in [0.1, 0.15) is 57.8 Å². The number of nitrogens with zero attached hydrogens (tertiary/aromatic N) is 1. The number of rotatable bonds is 3. The van der Waals surface area contributed by atoms with E-state index in [1.54, 1.807) is 0 Å². The smallest absolute Gasteiger partial charge is 0.0469 e. The number of ether oxygens (including phenoxy) is 1. The molecular weight excluding hydrogens is 248 g/mol. The van der Waals surface area contributed by atoms with Crippen LogP contribution in [0.3, 0.4) is 0 Å². The van der Waals surface area contributed by atoms with E-state index in [1.165, 1.54) is 70.9 Å². The summed E-state index contributed by atoms with van der Waals surface area (Å²) in [6, 6.07) is 0.611. The Hall–Kier alpha value is -0.120. The Morgan fingerprint density at radius 1 is 1.00 bits per heavy atom. The van der Waals surface area contributed by atoms with Crippen molar-refractivity contribution in [1.82, 2.24) is 4.90 Å². The highest BCUT2D eigenvalue weighted by Crippen LogP contribution is 2.45. The molecule has 0 amide bonds. The third kappa shape index (κ3) is 3.20. The van der Waals surface area contributed by atoms with Gasteiger partial charge in [-0.1, -0.05) is 19.3 Å². The zero-order valence-corrected chi connectivity index (χ0v) is 13.0. The Labute approximate surface area is 124 Å². The zero-order valence-electron chi connectivity index (χ0n) is 13.0. The number of hydrogen-bond donors (Lipinski definition) is 1. The van der Waals surface area contributed by atoms with Crippen LogP contribution in [-0.4, -0.2) is 43.8 Å². The summed E-state index contributed by atoms with van der Waals surface area (Å²) in [7, 11) is 0. The average molecular weight is 280 g/mol. The number of piperidine rings is 1. The topological polar surface area (TPSA) is 38.5 Å². The maximum absolute atomic E-state index is 6.12. The van der Waals surface area contributed by atoms with Gasteiger partial charge in [0.15, 0.2) is 0 Å². The van der Waals surface area contributed by atoms with Crippen LogP contribution in [0.2, 0.25) is 0 Å². The number of nitrogens with two attached hydrogens (primary N) is 1. The molecule has 3 nitrogen and oxygen atoms in total. The summed E-state index contributed by atoms with van der Waals surface area (Å²) in [5.74, 6) is 0.772. The van der Waals surface area contributed by atoms with Gasteiger partial charge in [0.1, 0.15) is 0 Å². The van der Waals surface area contributed by atoms with E-state index in [9.17, 15) is 0 Å². The molecule has 0 aromatic carbocycles. The van der Waals surface area contributed by atoms with Crippen molar-refractivity contribution in [2.45, 2.75) is 63.8 Å². The lowest BCUT2D eigenvalue weighted by atomic mass is 9.68. The molecule has 1 saturated carbocycles. The molecule has 3 rings (SSSR count). The fourth-order valence-corrected chi connectivity index (χ4v) is 4.87. The summed E-state index contributed by atoms with van der Waals surface area (Å²) in [5, 5.41) is 0. The molecule has 2 N–H and O–H groups in total. The van der Waals surface area contributed by atoms with Crippen molar-refractivity contribution in [2.24, 2.45) is 17.1 Å². The van der Waals surface area contributed by atoms with Crippen molar-refractivity contribution in [3.8, 4) is 0 Å². The molecule has 1 spiro atoms. The van der Waals surface area contributed by atoms with E-state index in [0.717, 1.165) is 25.7 Å². The molecule has 2 saturated heterocycles. The summed E-state index contributed by atoms with van der Waals surface area (Å²) in [5.41, 5.74) is 6.83. The minimum atomic E-state index is 0.611. The van der Waals surface area contributed by atoms with Crippen LogP contribution in [0.25, 0.3) is 0 Å². The molecule has 1 aliphatic carbocycles. The number of likely N-dealkylation sites (tertiary alicyclic amines) is 1. The summed E-state index contributed by atoms with van der Waals surface area (Å²) in [6.07, 6.45) is 12.7. The summed E-state index contributed by atoms with van der Waals surface area (Å²) in [4.78, 5) is 2.72. The van der Waals surface area contributed by atoms with Crippen LogP contribution in [0.15, 0.2) is 0 Å². The Kier molecular flexibility index (Phi) is 5.00. The van der Waals surface area contributed by atoms with Crippen molar-refractivity contribution in [3.05, 3.63) is 0 Å². The SMILES string of the molecule is NCC(C1CCOCC1)N1CCC2(CCCCC2)CC1. The molecule has 1 atom stereocenters. The van der Waals surface area contributed by atoms with Gasteiger partial charge >= 0.3 is 0 Å². The lowest BCUT2D eigenvalue weighted by Gasteiger charge is -2.48. The van der Waals surface area contributed by atoms with Gasteiger partial charge in [-0.3, -0.25) is 4.90 Å². The summed E-state index contributed by atoms with van der Waals surface area (Å²) in [6.45, 7) is 5.30. The molecule has 3 aliphatic rings. The fraction of sp³-hybridized carbons (Fsp3) is 1.00. The van der Waals surface area contributed by atoms with Crippen LogP contribution in [-0.2, 0) is 4.74 Å². The van der Waals surface area contributed by atoms with Crippen LogP contribution >= 0.6 is 0 Å². The fourth-order valence-electron chi connectivity index (χ4n) is 4.87. The van der Waals surface area contributed by atoms with Crippen molar-refractivity contribution in [3.63, 3.8) is 0 Å². The maximum atomic E-state index is 6.12. The quantitative estimate of drug-likeness (QED) is 0.864. The average Bonchev–Trinajstić information content (AvgIpc) is 2.52. The highest BCUT2D eigenvalue weighted by Gasteiger charge is 2.38. The van der Waals surface area contributed by atoms with Gasteiger partial charge in [-0.25, -0.2) is 0 Å². The molecule has 20 heavy (non-hydrogen) atoms. The third-order valence-electron chi connectivity index (χ3n) is 6.29. The van der Waals surface area contributed by atoms with Gasteiger partial charge in [0, 0.05) is 25.8 Å². The Bertz CT molecular complexity index is 285. The first-order valence-electron chi connectivity index (χ1n) is 8.85. The van der Waals surface area contributed by atoms with Gasteiger partial charge < -0.3 is 10.5 Å². The van der Waals surface area contributed by atoms with Gasteiger partial charge in [-0.15, -0.1) is 0 Å². The largest absolute Gasteiger partial charge is 0.381 e.